The Hall–Kier alpha value is -2.32. The summed E-state index contributed by atoms with van der Waals surface area (Å²) >= 11 is 9.35. The highest BCUT2D eigenvalue weighted by Gasteiger charge is 2.24. The fourth-order valence-electron chi connectivity index (χ4n) is 4.15. The molecule has 0 N–H and O–H groups in total. The second-order valence-corrected chi connectivity index (χ2v) is 11.2. The van der Waals surface area contributed by atoms with Crippen LogP contribution in [0.5, 0.6) is 5.75 Å². The number of halogens is 1. The molecule has 8 heteroatoms. The zero-order chi connectivity index (χ0) is 23.8. The van der Waals surface area contributed by atoms with Gasteiger partial charge in [0, 0.05) is 28.7 Å². The van der Waals surface area contributed by atoms with Crippen LogP contribution in [-0.2, 0) is 18.7 Å². The molecule has 2 aromatic heterocycles. The molecule has 2 aromatic carbocycles. The second kappa shape index (κ2) is 9.74. The highest BCUT2D eigenvalue weighted by Crippen LogP contribution is 2.34. The molecule has 0 bridgehead atoms. The Morgan fingerprint density at radius 2 is 1.88 bits per heavy atom. The Balaban J connectivity index is 1.55. The molecule has 0 aliphatic carbocycles. The van der Waals surface area contributed by atoms with Gasteiger partial charge in [-0.2, -0.15) is 0 Å². The van der Waals surface area contributed by atoms with Crippen molar-refractivity contribution in [2.75, 3.05) is 13.6 Å². The molecule has 5 nitrogen and oxygen atoms in total. The molecular weight excluding hydrogens is 486 g/mol. The minimum absolute atomic E-state index is 0.00226. The van der Waals surface area contributed by atoms with E-state index in [0.29, 0.717) is 15.9 Å². The number of nitrogens with zero attached hydrogens (tertiary/aromatic N) is 3. The van der Waals surface area contributed by atoms with Crippen molar-refractivity contribution in [3.8, 4) is 11.4 Å². The molecule has 4 aromatic rings. The second-order valence-electron chi connectivity index (χ2n) is 8.78. The van der Waals surface area contributed by atoms with Crippen LogP contribution in [-0.4, -0.2) is 34.1 Å². The summed E-state index contributed by atoms with van der Waals surface area (Å²) in [6.45, 7) is 5.85. The molecule has 0 saturated heterocycles. The average molecular weight is 512 g/mol. The van der Waals surface area contributed by atoms with Crippen molar-refractivity contribution in [2.24, 2.45) is 0 Å². The van der Waals surface area contributed by atoms with Crippen molar-refractivity contribution in [3.63, 3.8) is 0 Å². The third kappa shape index (κ3) is 4.75. The highest BCUT2D eigenvalue weighted by atomic mass is 35.5. The molecule has 0 fully saturated rings. The molecular formula is C26H26ClN3O2S2. The van der Waals surface area contributed by atoms with E-state index < -0.39 is 0 Å². The first-order valence-corrected chi connectivity index (χ1v) is 13.5. The van der Waals surface area contributed by atoms with E-state index in [2.05, 4.69) is 24.1 Å². The monoisotopic (exact) mass is 511 g/mol. The number of hydrogen-bond acceptors (Lipinski definition) is 6. The minimum atomic E-state index is -0.00226. The van der Waals surface area contributed by atoms with Gasteiger partial charge in [-0.1, -0.05) is 35.5 Å². The number of aromatic nitrogens is 2. The quantitative estimate of drug-likeness (QED) is 0.229. The highest BCUT2D eigenvalue weighted by molar-refractivity contribution is 7.98. The zero-order valence-electron chi connectivity index (χ0n) is 19.4. The molecule has 0 amide bonds. The van der Waals surface area contributed by atoms with E-state index in [9.17, 15) is 4.79 Å². The van der Waals surface area contributed by atoms with Gasteiger partial charge < -0.3 is 9.64 Å². The molecule has 34 heavy (non-hydrogen) atoms. The van der Waals surface area contributed by atoms with Crippen molar-refractivity contribution in [2.45, 2.75) is 43.8 Å². The summed E-state index contributed by atoms with van der Waals surface area (Å²) in [5.41, 5.74) is 3.08. The van der Waals surface area contributed by atoms with Crippen molar-refractivity contribution in [1.82, 2.24) is 14.5 Å². The number of hydrogen-bond donors (Lipinski definition) is 0. The summed E-state index contributed by atoms with van der Waals surface area (Å²) in [6.07, 6.45) is 1.02. The van der Waals surface area contributed by atoms with Gasteiger partial charge in [-0.3, -0.25) is 9.36 Å². The summed E-state index contributed by atoms with van der Waals surface area (Å²) in [7, 11) is 2.12. The lowest BCUT2D eigenvalue weighted by molar-refractivity contribution is 0.242. The number of thioether (sulfide) groups is 1. The lowest BCUT2D eigenvalue weighted by Crippen LogP contribution is -2.27. The molecule has 1 aliphatic rings. The molecule has 0 saturated carbocycles. The number of fused-ring (bicyclic) bond motifs is 3. The third-order valence-corrected chi connectivity index (χ3v) is 8.15. The first-order valence-electron chi connectivity index (χ1n) is 11.3. The van der Waals surface area contributed by atoms with E-state index >= 15 is 0 Å². The predicted molar refractivity (Wildman–Crippen MR) is 142 cm³/mol. The average Bonchev–Trinajstić information content (AvgIpc) is 3.16. The Morgan fingerprint density at radius 3 is 2.59 bits per heavy atom. The smallest absolute Gasteiger partial charge is 0.267 e. The van der Waals surface area contributed by atoms with Gasteiger partial charge in [-0.05, 0) is 74.8 Å². The van der Waals surface area contributed by atoms with E-state index in [1.165, 1.54) is 4.88 Å². The SMILES string of the molecule is CC(C)Oc1ccc(CSc2nc3sc4c(c3c(=O)n2-c2ccc(Cl)cc2)CCN(C)C4)cc1. The van der Waals surface area contributed by atoms with E-state index in [-0.39, 0.29) is 11.7 Å². The normalized spacial score (nSPS) is 14.0. The summed E-state index contributed by atoms with van der Waals surface area (Å²) in [4.78, 5) is 23.2. The molecule has 0 spiro atoms. The van der Waals surface area contributed by atoms with Crippen LogP contribution in [0.25, 0.3) is 15.9 Å². The predicted octanol–water partition coefficient (Wildman–Crippen LogP) is 6.17. The topological polar surface area (TPSA) is 47.4 Å². The summed E-state index contributed by atoms with van der Waals surface area (Å²) < 4.78 is 7.49. The largest absolute Gasteiger partial charge is 0.491 e. The van der Waals surface area contributed by atoms with Crippen LogP contribution in [0.15, 0.2) is 58.5 Å². The summed E-state index contributed by atoms with van der Waals surface area (Å²) in [6, 6.07) is 15.5. The molecule has 1 aliphatic heterocycles. The number of benzene rings is 2. The Kier molecular flexibility index (Phi) is 6.71. The molecule has 0 radical (unpaired) electrons. The summed E-state index contributed by atoms with van der Waals surface area (Å²) in [5, 5.41) is 2.09. The molecule has 0 atom stereocenters. The van der Waals surface area contributed by atoms with E-state index in [1.54, 1.807) is 27.7 Å². The lowest BCUT2D eigenvalue weighted by atomic mass is 10.1. The van der Waals surface area contributed by atoms with Crippen LogP contribution in [0.2, 0.25) is 5.02 Å². The lowest BCUT2D eigenvalue weighted by Gasteiger charge is -2.21. The van der Waals surface area contributed by atoms with Gasteiger partial charge in [0.1, 0.15) is 10.6 Å². The van der Waals surface area contributed by atoms with E-state index in [1.807, 2.05) is 50.2 Å². The summed E-state index contributed by atoms with van der Waals surface area (Å²) in [5.74, 6) is 1.55. The standard InChI is InChI=1S/C26H26ClN3O2S2/c1-16(2)32-20-10-4-17(5-11-20)15-33-26-28-24-23(21-12-13-29(3)14-22(21)34-24)25(31)30(26)19-8-6-18(27)7-9-19/h4-11,16H,12-15H2,1-3H3. The number of likely N-dealkylation sites (N-methyl/N-ethyl adjacent to an activating group) is 1. The van der Waals surface area contributed by atoms with Gasteiger partial charge in [0.2, 0.25) is 0 Å². The van der Waals surface area contributed by atoms with Crippen LogP contribution >= 0.6 is 34.7 Å². The van der Waals surface area contributed by atoms with Gasteiger partial charge in [-0.25, -0.2) is 4.98 Å². The number of rotatable bonds is 6. The van der Waals surface area contributed by atoms with Crippen molar-refractivity contribution < 1.29 is 4.74 Å². The number of ether oxygens (including phenoxy) is 1. The third-order valence-electron chi connectivity index (χ3n) is 5.78. The maximum atomic E-state index is 13.9. The zero-order valence-corrected chi connectivity index (χ0v) is 21.8. The Morgan fingerprint density at radius 1 is 1.15 bits per heavy atom. The van der Waals surface area contributed by atoms with Crippen LogP contribution < -0.4 is 10.3 Å². The Labute approximate surface area is 212 Å². The fraction of sp³-hybridized carbons (Fsp3) is 0.308. The Bertz CT molecular complexity index is 1380. The van der Waals surface area contributed by atoms with Crippen LogP contribution in [0, 0.1) is 0 Å². The first kappa shape index (κ1) is 23.4. The maximum absolute atomic E-state index is 13.9. The van der Waals surface area contributed by atoms with Crippen molar-refractivity contribution in [1.29, 1.82) is 0 Å². The molecule has 5 rings (SSSR count). The molecule has 3 heterocycles. The van der Waals surface area contributed by atoms with Crippen LogP contribution in [0.4, 0.5) is 0 Å². The first-order chi connectivity index (χ1) is 16.4. The van der Waals surface area contributed by atoms with E-state index in [4.69, 9.17) is 21.3 Å². The van der Waals surface area contributed by atoms with Crippen molar-refractivity contribution >= 4 is 44.9 Å². The van der Waals surface area contributed by atoms with Gasteiger partial charge in [0.15, 0.2) is 5.16 Å². The maximum Gasteiger partial charge on any atom is 0.267 e. The van der Waals surface area contributed by atoms with Crippen LogP contribution in [0.1, 0.15) is 29.9 Å². The number of thiophene rings is 1. The minimum Gasteiger partial charge on any atom is -0.491 e. The van der Waals surface area contributed by atoms with Gasteiger partial charge in [0.05, 0.1) is 17.2 Å². The van der Waals surface area contributed by atoms with Gasteiger partial charge >= 0.3 is 0 Å². The van der Waals surface area contributed by atoms with Crippen molar-refractivity contribution in [3.05, 3.63) is 79.9 Å². The van der Waals surface area contributed by atoms with Gasteiger partial charge in [-0.15, -0.1) is 11.3 Å². The van der Waals surface area contributed by atoms with Gasteiger partial charge in [0.25, 0.3) is 5.56 Å². The van der Waals surface area contributed by atoms with E-state index in [0.717, 1.165) is 52.3 Å². The fourth-order valence-corrected chi connectivity index (χ4v) is 6.59. The van der Waals surface area contributed by atoms with Crippen LogP contribution in [0.3, 0.4) is 0 Å². The molecule has 0 unspecified atom stereocenters. The molecule has 176 valence electrons.